The Labute approximate surface area is 72.9 Å². The Kier molecular flexibility index (Phi) is 1.89. The van der Waals surface area contributed by atoms with Crippen molar-refractivity contribution >= 4 is 9.84 Å². The number of piperazine rings is 1. The van der Waals surface area contributed by atoms with Crippen molar-refractivity contribution < 1.29 is 8.42 Å². The number of sulfone groups is 1. The summed E-state index contributed by atoms with van der Waals surface area (Å²) in [6.45, 7) is 1.86. The van der Waals surface area contributed by atoms with E-state index in [-0.39, 0.29) is 12.1 Å². The molecule has 70 valence electrons. The number of hydrogen-bond acceptors (Lipinski definition) is 4. The number of rotatable bonds is 0. The van der Waals surface area contributed by atoms with Gasteiger partial charge in [-0.15, -0.1) is 0 Å². The second-order valence-corrected chi connectivity index (χ2v) is 5.84. The van der Waals surface area contributed by atoms with Crippen molar-refractivity contribution in [3.8, 4) is 0 Å². The fourth-order valence-corrected chi connectivity index (χ4v) is 4.08. The van der Waals surface area contributed by atoms with E-state index >= 15 is 0 Å². The van der Waals surface area contributed by atoms with Gasteiger partial charge in [0.05, 0.1) is 11.5 Å². The van der Waals surface area contributed by atoms with Crippen LogP contribution >= 0.6 is 0 Å². The zero-order chi connectivity index (χ0) is 8.77. The first kappa shape index (κ1) is 8.47. The molecule has 2 atom stereocenters. The fraction of sp³-hybridized carbons (Fsp3) is 1.00. The highest BCUT2D eigenvalue weighted by Gasteiger charge is 2.41. The fourth-order valence-electron chi connectivity index (χ4n) is 2.05. The monoisotopic (exact) mass is 190 g/mol. The lowest BCUT2D eigenvalue weighted by atomic mass is 10.1. The van der Waals surface area contributed by atoms with Crippen LogP contribution in [0.4, 0.5) is 0 Å². The summed E-state index contributed by atoms with van der Waals surface area (Å²) in [5, 5.41) is 3.25. The molecule has 0 saturated carbocycles. The standard InChI is InChI=1S/C7H14N2O2S/c1-9-3-2-8-6-4-12(10,11)5-7(6)9/h6-8H,2-5H2,1H3/t6-,7+/m0/s1. The van der Waals surface area contributed by atoms with Gasteiger partial charge in [-0.1, -0.05) is 0 Å². The third-order valence-electron chi connectivity index (χ3n) is 2.76. The van der Waals surface area contributed by atoms with Crippen LogP contribution in [0.2, 0.25) is 0 Å². The molecule has 2 aliphatic heterocycles. The average Bonchev–Trinajstić information content (AvgIpc) is 2.25. The zero-order valence-electron chi connectivity index (χ0n) is 7.16. The summed E-state index contributed by atoms with van der Waals surface area (Å²) < 4.78 is 22.6. The maximum Gasteiger partial charge on any atom is 0.153 e. The minimum Gasteiger partial charge on any atom is -0.310 e. The lowest BCUT2D eigenvalue weighted by Crippen LogP contribution is -2.55. The van der Waals surface area contributed by atoms with E-state index in [1.54, 1.807) is 0 Å². The molecule has 0 aromatic heterocycles. The molecule has 2 heterocycles. The first-order valence-electron chi connectivity index (χ1n) is 4.22. The maximum absolute atomic E-state index is 11.3. The molecular formula is C7H14N2O2S. The van der Waals surface area contributed by atoms with Crippen molar-refractivity contribution in [1.82, 2.24) is 10.2 Å². The zero-order valence-corrected chi connectivity index (χ0v) is 7.97. The lowest BCUT2D eigenvalue weighted by Gasteiger charge is -2.34. The molecule has 0 bridgehead atoms. The van der Waals surface area contributed by atoms with E-state index in [1.165, 1.54) is 0 Å². The summed E-state index contributed by atoms with van der Waals surface area (Å²) in [5.41, 5.74) is 0. The van der Waals surface area contributed by atoms with E-state index in [2.05, 4.69) is 10.2 Å². The van der Waals surface area contributed by atoms with Crippen molar-refractivity contribution in [2.75, 3.05) is 31.6 Å². The van der Waals surface area contributed by atoms with E-state index in [4.69, 9.17) is 0 Å². The summed E-state index contributed by atoms with van der Waals surface area (Å²) >= 11 is 0. The SMILES string of the molecule is CN1CCN[C@H]2CS(=O)(=O)C[C@H]21. The van der Waals surface area contributed by atoms with Crippen LogP contribution in [0, 0.1) is 0 Å². The average molecular weight is 190 g/mol. The molecular weight excluding hydrogens is 176 g/mol. The Morgan fingerprint density at radius 1 is 1.42 bits per heavy atom. The topological polar surface area (TPSA) is 49.4 Å². The molecule has 0 radical (unpaired) electrons. The molecule has 0 aromatic carbocycles. The third-order valence-corrected chi connectivity index (χ3v) is 4.48. The maximum atomic E-state index is 11.3. The number of nitrogens with one attached hydrogen (secondary N) is 1. The number of fused-ring (bicyclic) bond motifs is 1. The minimum atomic E-state index is -2.77. The smallest absolute Gasteiger partial charge is 0.153 e. The Hall–Kier alpha value is -0.130. The van der Waals surface area contributed by atoms with Crippen LogP contribution in [0.3, 0.4) is 0 Å². The Morgan fingerprint density at radius 2 is 2.17 bits per heavy atom. The van der Waals surface area contributed by atoms with E-state index in [9.17, 15) is 8.42 Å². The van der Waals surface area contributed by atoms with Gasteiger partial charge in [-0.2, -0.15) is 0 Å². The van der Waals surface area contributed by atoms with E-state index in [0.717, 1.165) is 13.1 Å². The molecule has 0 amide bonds. The van der Waals surface area contributed by atoms with Gasteiger partial charge in [0.2, 0.25) is 0 Å². The van der Waals surface area contributed by atoms with E-state index in [0.29, 0.717) is 11.5 Å². The normalized spacial score (nSPS) is 41.1. The predicted octanol–water partition coefficient (Wildman–Crippen LogP) is -1.31. The second kappa shape index (κ2) is 2.68. The van der Waals surface area contributed by atoms with Gasteiger partial charge in [0.25, 0.3) is 0 Å². The van der Waals surface area contributed by atoms with E-state index in [1.807, 2.05) is 7.05 Å². The van der Waals surface area contributed by atoms with Crippen molar-refractivity contribution in [2.45, 2.75) is 12.1 Å². The largest absolute Gasteiger partial charge is 0.310 e. The quantitative estimate of drug-likeness (QED) is 0.515. The third kappa shape index (κ3) is 1.36. The first-order valence-corrected chi connectivity index (χ1v) is 6.05. The molecule has 2 aliphatic rings. The Morgan fingerprint density at radius 3 is 2.83 bits per heavy atom. The molecule has 2 saturated heterocycles. The van der Waals surface area contributed by atoms with Gasteiger partial charge in [-0.3, -0.25) is 4.90 Å². The van der Waals surface area contributed by atoms with Gasteiger partial charge in [-0.05, 0) is 7.05 Å². The summed E-state index contributed by atoms with van der Waals surface area (Å²) in [7, 11) is -0.767. The Balaban J connectivity index is 2.19. The van der Waals surface area contributed by atoms with Gasteiger partial charge >= 0.3 is 0 Å². The molecule has 1 N–H and O–H groups in total. The molecule has 4 nitrogen and oxygen atoms in total. The molecule has 0 spiro atoms. The number of hydrogen-bond donors (Lipinski definition) is 1. The summed E-state index contributed by atoms with van der Waals surface area (Å²) in [6, 6.07) is 0.387. The first-order chi connectivity index (χ1) is 5.58. The molecule has 2 fully saturated rings. The van der Waals surface area contributed by atoms with Gasteiger partial charge in [0.15, 0.2) is 9.84 Å². The van der Waals surface area contributed by atoms with Crippen LogP contribution in [-0.2, 0) is 9.84 Å². The number of nitrogens with zero attached hydrogens (tertiary/aromatic N) is 1. The highest BCUT2D eigenvalue weighted by atomic mass is 32.2. The summed E-state index contributed by atoms with van der Waals surface area (Å²) in [4.78, 5) is 2.14. The van der Waals surface area contributed by atoms with Crippen LogP contribution in [0.15, 0.2) is 0 Å². The van der Waals surface area contributed by atoms with Gasteiger partial charge in [0, 0.05) is 25.2 Å². The highest BCUT2D eigenvalue weighted by Crippen LogP contribution is 2.19. The molecule has 5 heteroatoms. The van der Waals surface area contributed by atoms with Gasteiger partial charge in [-0.25, -0.2) is 8.42 Å². The van der Waals surface area contributed by atoms with Crippen molar-refractivity contribution in [3.63, 3.8) is 0 Å². The van der Waals surface area contributed by atoms with E-state index < -0.39 is 9.84 Å². The van der Waals surface area contributed by atoms with Crippen LogP contribution in [0.1, 0.15) is 0 Å². The minimum absolute atomic E-state index is 0.175. The van der Waals surface area contributed by atoms with Crippen LogP contribution in [0.25, 0.3) is 0 Å². The number of likely N-dealkylation sites (N-methyl/N-ethyl adjacent to an activating group) is 1. The molecule has 0 unspecified atom stereocenters. The van der Waals surface area contributed by atoms with Crippen molar-refractivity contribution in [3.05, 3.63) is 0 Å². The molecule has 0 aliphatic carbocycles. The van der Waals surface area contributed by atoms with Gasteiger partial charge in [0.1, 0.15) is 0 Å². The second-order valence-electron chi connectivity index (χ2n) is 3.69. The van der Waals surface area contributed by atoms with Gasteiger partial charge < -0.3 is 5.32 Å². The molecule has 0 aromatic rings. The predicted molar refractivity (Wildman–Crippen MR) is 46.9 cm³/mol. The highest BCUT2D eigenvalue weighted by molar-refractivity contribution is 7.91. The summed E-state index contributed by atoms with van der Waals surface area (Å²) in [6.07, 6.45) is 0. The molecule has 12 heavy (non-hydrogen) atoms. The van der Waals surface area contributed by atoms with Crippen LogP contribution in [0.5, 0.6) is 0 Å². The summed E-state index contributed by atoms with van der Waals surface area (Å²) in [5.74, 6) is 0.656. The molecule has 2 rings (SSSR count). The Bertz CT molecular complexity index is 275. The van der Waals surface area contributed by atoms with Crippen molar-refractivity contribution in [2.24, 2.45) is 0 Å². The van der Waals surface area contributed by atoms with Crippen molar-refractivity contribution in [1.29, 1.82) is 0 Å². The van der Waals surface area contributed by atoms with Crippen LogP contribution in [-0.4, -0.2) is 57.0 Å². The lowest BCUT2D eigenvalue weighted by molar-refractivity contribution is 0.185. The van der Waals surface area contributed by atoms with Crippen LogP contribution < -0.4 is 5.32 Å².